The number of rotatable bonds is 6. The summed E-state index contributed by atoms with van der Waals surface area (Å²) in [6, 6.07) is 0.258. The zero-order valence-electron chi connectivity index (χ0n) is 10.9. The molecule has 0 bridgehead atoms. The standard InChI is InChI=1S/C13H24N2O2/c1-10(2)9-17-8-7-14-13(16)15-12-6-4-5-11(12)3/h11-12H,1,4-9H2,2-3H3,(H2,14,15,16)/t11-,12-/m0/s1. The highest BCUT2D eigenvalue weighted by Gasteiger charge is 2.24. The SMILES string of the molecule is C=C(C)COCCNC(=O)N[C@H]1CCC[C@@H]1C. The normalized spacial score (nSPS) is 23.4. The molecule has 0 aromatic rings. The summed E-state index contributed by atoms with van der Waals surface area (Å²) in [6.07, 6.45) is 3.53. The third kappa shape index (κ3) is 5.73. The van der Waals surface area contributed by atoms with Crippen LogP contribution in [0.2, 0.25) is 0 Å². The molecule has 0 aromatic heterocycles. The van der Waals surface area contributed by atoms with Crippen molar-refractivity contribution in [2.45, 2.75) is 39.2 Å². The van der Waals surface area contributed by atoms with E-state index in [1.807, 2.05) is 6.92 Å². The fraction of sp³-hybridized carbons (Fsp3) is 0.769. The number of nitrogens with one attached hydrogen (secondary N) is 2. The summed E-state index contributed by atoms with van der Waals surface area (Å²) in [4.78, 5) is 11.5. The molecular formula is C13H24N2O2. The highest BCUT2D eigenvalue weighted by atomic mass is 16.5. The highest BCUT2D eigenvalue weighted by Crippen LogP contribution is 2.24. The number of hydrogen-bond acceptors (Lipinski definition) is 2. The number of carbonyl (C=O) groups excluding carboxylic acids is 1. The van der Waals surface area contributed by atoms with Crippen molar-refractivity contribution in [1.82, 2.24) is 10.6 Å². The zero-order valence-corrected chi connectivity index (χ0v) is 10.9. The van der Waals surface area contributed by atoms with Crippen LogP contribution in [0.15, 0.2) is 12.2 Å². The highest BCUT2D eigenvalue weighted by molar-refractivity contribution is 5.74. The molecule has 0 heterocycles. The Kier molecular flexibility index (Phi) is 6.05. The second-order valence-electron chi connectivity index (χ2n) is 4.92. The summed E-state index contributed by atoms with van der Waals surface area (Å²) in [5, 5.41) is 5.80. The molecule has 1 saturated carbocycles. The summed E-state index contributed by atoms with van der Waals surface area (Å²) >= 11 is 0. The lowest BCUT2D eigenvalue weighted by Crippen LogP contribution is -2.44. The molecule has 1 aliphatic rings. The van der Waals surface area contributed by atoms with E-state index in [9.17, 15) is 4.79 Å². The fourth-order valence-electron chi connectivity index (χ4n) is 2.06. The Morgan fingerprint density at radius 1 is 1.47 bits per heavy atom. The van der Waals surface area contributed by atoms with Crippen molar-refractivity contribution >= 4 is 6.03 Å². The number of carbonyl (C=O) groups is 1. The number of urea groups is 1. The predicted molar refractivity (Wildman–Crippen MR) is 69.0 cm³/mol. The monoisotopic (exact) mass is 240 g/mol. The van der Waals surface area contributed by atoms with E-state index in [-0.39, 0.29) is 6.03 Å². The summed E-state index contributed by atoms with van der Waals surface area (Å²) in [6.45, 7) is 9.48. The molecule has 0 saturated heterocycles. The van der Waals surface area contributed by atoms with E-state index in [2.05, 4.69) is 24.1 Å². The van der Waals surface area contributed by atoms with Crippen LogP contribution in [-0.2, 0) is 4.74 Å². The summed E-state index contributed by atoms with van der Waals surface area (Å²) in [5.74, 6) is 0.598. The van der Waals surface area contributed by atoms with E-state index >= 15 is 0 Å². The van der Waals surface area contributed by atoms with Crippen molar-refractivity contribution in [2.75, 3.05) is 19.8 Å². The molecule has 0 unspecified atom stereocenters. The van der Waals surface area contributed by atoms with Crippen molar-refractivity contribution in [3.05, 3.63) is 12.2 Å². The molecule has 0 aromatic carbocycles. The molecule has 17 heavy (non-hydrogen) atoms. The molecule has 0 spiro atoms. The van der Waals surface area contributed by atoms with Crippen molar-refractivity contribution in [2.24, 2.45) is 5.92 Å². The van der Waals surface area contributed by atoms with Crippen LogP contribution in [0.4, 0.5) is 4.79 Å². The van der Waals surface area contributed by atoms with Gasteiger partial charge in [0, 0.05) is 12.6 Å². The zero-order chi connectivity index (χ0) is 12.7. The van der Waals surface area contributed by atoms with Crippen LogP contribution < -0.4 is 10.6 Å². The topological polar surface area (TPSA) is 50.4 Å². The maximum atomic E-state index is 11.5. The van der Waals surface area contributed by atoms with E-state index in [1.54, 1.807) is 0 Å². The lowest BCUT2D eigenvalue weighted by molar-refractivity contribution is 0.157. The first-order chi connectivity index (χ1) is 8.09. The fourth-order valence-corrected chi connectivity index (χ4v) is 2.06. The minimum absolute atomic E-state index is 0.0809. The van der Waals surface area contributed by atoms with Gasteiger partial charge in [-0.05, 0) is 25.7 Å². The van der Waals surface area contributed by atoms with E-state index in [0.717, 1.165) is 12.0 Å². The molecule has 1 rings (SSSR count). The molecule has 98 valence electrons. The van der Waals surface area contributed by atoms with Gasteiger partial charge in [0.1, 0.15) is 0 Å². The Bertz CT molecular complexity index is 266. The van der Waals surface area contributed by atoms with Crippen LogP contribution in [0.25, 0.3) is 0 Å². The first-order valence-corrected chi connectivity index (χ1v) is 6.36. The van der Waals surface area contributed by atoms with Crippen LogP contribution >= 0.6 is 0 Å². The van der Waals surface area contributed by atoms with E-state index < -0.39 is 0 Å². The van der Waals surface area contributed by atoms with Crippen LogP contribution in [0.1, 0.15) is 33.1 Å². The minimum Gasteiger partial charge on any atom is -0.375 e. The summed E-state index contributed by atoms with van der Waals surface area (Å²) in [7, 11) is 0. The van der Waals surface area contributed by atoms with Crippen LogP contribution in [-0.4, -0.2) is 31.8 Å². The molecule has 4 nitrogen and oxygen atoms in total. The number of amides is 2. The van der Waals surface area contributed by atoms with Gasteiger partial charge in [0.05, 0.1) is 13.2 Å². The lowest BCUT2D eigenvalue weighted by atomic mass is 10.1. The molecule has 1 aliphatic carbocycles. The third-order valence-corrected chi connectivity index (χ3v) is 3.06. The van der Waals surface area contributed by atoms with Gasteiger partial charge in [0.15, 0.2) is 0 Å². The molecule has 1 fully saturated rings. The Morgan fingerprint density at radius 2 is 2.24 bits per heavy atom. The molecule has 0 aliphatic heterocycles. The van der Waals surface area contributed by atoms with Gasteiger partial charge >= 0.3 is 6.03 Å². The van der Waals surface area contributed by atoms with Gasteiger partial charge in [-0.25, -0.2) is 4.79 Å². The second-order valence-corrected chi connectivity index (χ2v) is 4.92. The van der Waals surface area contributed by atoms with Crippen LogP contribution in [0.5, 0.6) is 0 Å². The van der Waals surface area contributed by atoms with E-state index in [4.69, 9.17) is 4.74 Å². The van der Waals surface area contributed by atoms with Crippen molar-refractivity contribution in [1.29, 1.82) is 0 Å². The molecule has 2 amide bonds. The van der Waals surface area contributed by atoms with Crippen molar-refractivity contribution in [3.8, 4) is 0 Å². The number of ether oxygens (including phenoxy) is 1. The van der Waals surface area contributed by atoms with E-state index in [0.29, 0.717) is 31.7 Å². The largest absolute Gasteiger partial charge is 0.375 e. The predicted octanol–water partition coefficient (Wildman–Crippen LogP) is 2.07. The summed E-state index contributed by atoms with van der Waals surface area (Å²) in [5.41, 5.74) is 0.995. The molecule has 2 atom stereocenters. The number of hydrogen-bond donors (Lipinski definition) is 2. The van der Waals surface area contributed by atoms with Gasteiger partial charge in [0.2, 0.25) is 0 Å². The maximum Gasteiger partial charge on any atom is 0.315 e. The van der Waals surface area contributed by atoms with Crippen molar-refractivity contribution in [3.63, 3.8) is 0 Å². The molecular weight excluding hydrogens is 216 g/mol. The van der Waals surface area contributed by atoms with E-state index in [1.165, 1.54) is 12.8 Å². The second kappa shape index (κ2) is 7.33. The van der Waals surface area contributed by atoms with Gasteiger partial charge < -0.3 is 15.4 Å². The van der Waals surface area contributed by atoms with Gasteiger partial charge in [-0.3, -0.25) is 0 Å². The summed E-state index contributed by atoms with van der Waals surface area (Å²) < 4.78 is 5.29. The molecule has 4 heteroatoms. The van der Waals surface area contributed by atoms with Crippen molar-refractivity contribution < 1.29 is 9.53 Å². The van der Waals surface area contributed by atoms with Gasteiger partial charge in [-0.2, -0.15) is 0 Å². The van der Waals surface area contributed by atoms with Gasteiger partial charge in [0.25, 0.3) is 0 Å². The average Bonchev–Trinajstić information content (AvgIpc) is 2.63. The Labute approximate surface area is 104 Å². The van der Waals surface area contributed by atoms with Gasteiger partial charge in [-0.1, -0.05) is 25.5 Å². The lowest BCUT2D eigenvalue weighted by Gasteiger charge is -2.17. The first kappa shape index (κ1) is 14.0. The quantitative estimate of drug-likeness (QED) is 0.551. The minimum atomic E-state index is -0.0809. The Hall–Kier alpha value is -1.03. The maximum absolute atomic E-state index is 11.5. The smallest absolute Gasteiger partial charge is 0.315 e. The Balaban J connectivity index is 2.03. The molecule has 0 radical (unpaired) electrons. The van der Waals surface area contributed by atoms with Crippen LogP contribution in [0, 0.1) is 5.92 Å². The third-order valence-electron chi connectivity index (χ3n) is 3.06. The molecule has 2 N–H and O–H groups in total. The van der Waals surface area contributed by atoms with Gasteiger partial charge in [-0.15, -0.1) is 0 Å². The first-order valence-electron chi connectivity index (χ1n) is 6.36. The Morgan fingerprint density at radius 3 is 2.82 bits per heavy atom. The van der Waals surface area contributed by atoms with Crippen LogP contribution in [0.3, 0.4) is 0 Å². The average molecular weight is 240 g/mol.